The molecule has 2 aromatic carbocycles. The highest BCUT2D eigenvalue weighted by Crippen LogP contribution is 2.25. The van der Waals surface area contributed by atoms with Gasteiger partial charge in [0.25, 0.3) is 0 Å². The van der Waals surface area contributed by atoms with E-state index in [2.05, 4.69) is 34.5 Å². The van der Waals surface area contributed by atoms with E-state index >= 15 is 0 Å². The zero-order valence-electron chi connectivity index (χ0n) is 11.0. The summed E-state index contributed by atoms with van der Waals surface area (Å²) < 4.78 is 0. The van der Waals surface area contributed by atoms with Crippen molar-refractivity contribution in [2.45, 2.75) is 6.54 Å². The van der Waals surface area contributed by atoms with Crippen LogP contribution in [0.4, 0.5) is 11.4 Å². The first-order valence-corrected chi connectivity index (χ1v) is 6.77. The summed E-state index contributed by atoms with van der Waals surface area (Å²) >= 11 is 12.0. The second kappa shape index (κ2) is 6.18. The van der Waals surface area contributed by atoms with E-state index in [-0.39, 0.29) is 0 Å². The third-order valence-corrected chi connectivity index (χ3v) is 3.41. The third kappa shape index (κ3) is 3.79. The number of rotatable bonds is 4. The second-order valence-corrected chi connectivity index (χ2v) is 5.38. The molecule has 1 N–H and O–H groups in total. The van der Waals surface area contributed by atoms with Crippen LogP contribution in [0.15, 0.2) is 42.5 Å². The average Bonchev–Trinajstić information content (AvgIpc) is 2.38. The third-order valence-electron chi connectivity index (χ3n) is 2.87. The maximum absolute atomic E-state index is 6.11. The van der Waals surface area contributed by atoms with Crippen LogP contribution in [0.1, 0.15) is 5.56 Å². The van der Waals surface area contributed by atoms with Crippen LogP contribution in [0.5, 0.6) is 0 Å². The van der Waals surface area contributed by atoms with Crippen LogP contribution in [0.2, 0.25) is 10.0 Å². The van der Waals surface area contributed by atoms with E-state index < -0.39 is 0 Å². The summed E-state index contributed by atoms with van der Waals surface area (Å²) in [5.41, 5.74) is 3.28. The molecule has 0 saturated heterocycles. The fourth-order valence-electron chi connectivity index (χ4n) is 1.74. The number of hydrogen-bond acceptors (Lipinski definition) is 2. The summed E-state index contributed by atoms with van der Waals surface area (Å²) in [4.78, 5) is 2.08. The van der Waals surface area contributed by atoms with Crippen LogP contribution in [0.3, 0.4) is 0 Å². The van der Waals surface area contributed by atoms with E-state index in [1.807, 2.05) is 26.2 Å². The van der Waals surface area contributed by atoms with Gasteiger partial charge in [0.1, 0.15) is 0 Å². The van der Waals surface area contributed by atoms with Gasteiger partial charge in [-0.1, -0.05) is 35.3 Å². The van der Waals surface area contributed by atoms with Crippen molar-refractivity contribution in [3.63, 3.8) is 0 Å². The molecule has 19 heavy (non-hydrogen) atoms. The van der Waals surface area contributed by atoms with Crippen LogP contribution in [0.25, 0.3) is 0 Å². The van der Waals surface area contributed by atoms with E-state index in [9.17, 15) is 0 Å². The highest BCUT2D eigenvalue weighted by atomic mass is 35.5. The Hall–Kier alpha value is -1.38. The van der Waals surface area contributed by atoms with Gasteiger partial charge in [-0.2, -0.15) is 0 Å². The first-order valence-electron chi connectivity index (χ1n) is 6.01. The highest BCUT2D eigenvalue weighted by Gasteiger charge is 2.01. The highest BCUT2D eigenvalue weighted by molar-refractivity contribution is 6.36. The molecule has 2 aromatic rings. The van der Waals surface area contributed by atoms with Gasteiger partial charge in [-0.25, -0.2) is 0 Å². The van der Waals surface area contributed by atoms with E-state index in [0.29, 0.717) is 10.0 Å². The monoisotopic (exact) mass is 294 g/mol. The smallest absolute Gasteiger partial charge is 0.0652 e. The number of hydrogen-bond donors (Lipinski definition) is 1. The van der Waals surface area contributed by atoms with E-state index in [1.165, 1.54) is 11.3 Å². The molecule has 0 amide bonds. The first-order chi connectivity index (χ1) is 9.06. The van der Waals surface area contributed by atoms with Crippen molar-refractivity contribution in [2.75, 3.05) is 24.3 Å². The Morgan fingerprint density at radius 1 is 1.00 bits per heavy atom. The summed E-state index contributed by atoms with van der Waals surface area (Å²) in [6.07, 6.45) is 0. The maximum Gasteiger partial charge on any atom is 0.0652 e. The van der Waals surface area contributed by atoms with Crippen LogP contribution < -0.4 is 10.2 Å². The fourth-order valence-corrected chi connectivity index (χ4v) is 2.22. The molecule has 0 aliphatic heterocycles. The van der Waals surface area contributed by atoms with Gasteiger partial charge in [-0.3, -0.25) is 0 Å². The molecule has 0 aliphatic rings. The molecule has 0 heterocycles. The largest absolute Gasteiger partial charge is 0.380 e. The Balaban J connectivity index is 2.02. The molecule has 0 radical (unpaired) electrons. The summed E-state index contributed by atoms with van der Waals surface area (Å²) in [5.74, 6) is 0. The van der Waals surface area contributed by atoms with Gasteiger partial charge in [0.05, 0.1) is 10.7 Å². The zero-order chi connectivity index (χ0) is 13.8. The van der Waals surface area contributed by atoms with E-state index in [4.69, 9.17) is 23.2 Å². The van der Waals surface area contributed by atoms with E-state index in [1.54, 1.807) is 6.07 Å². The minimum absolute atomic E-state index is 0.636. The predicted octanol–water partition coefficient (Wildman–Crippen LogP) is 4.67. The molecule has 0 saturated carbocycles. The Kier molecular flexibility index (Phi) is 4.56. The first kappa shape index (κ1) is 14.0. The number of nitrogens with zero attached hydrogens (tertiary/aromatic N) is 1. The Bertz CT molecular complexity index is 551. The normalized spacial score (nSPS) is 10.3. The molecule has 100 valence electrons. The zero-order valence-corrected chi connectivity index (χ0v) is 12.5. The van der Waals surface area contributed by atoms with Gasteiger partial charge in [-0.15, -0.1) is 0 Å². The predicted molar refractivity (Wildman–Crippen MR) is 84.6 cm³/mol. The lowest BCUT2D eigenvalue weighted by Crippen LogP contribution is -2.08. The Morgan fingerprint density at radius 2 is 1.68 bits per heavy atom. The van der Waals surface area contributed by atoms with Crippen molar-refractivity contribution in [1.82, 2.24) is 0 Å². The maximum atomic E-state index is 6.11. The minimum Gasteiger partial charge on any atom is -0.380 e. The SMILES string of the molecule is CN(C)c1ccc(CNc2ccc(Cl)cc2Cl)cc1. The summed E-state index contributed by atoms with van der Waals surface area (Å²) in [7, 11) is 4.06. The molecule has 2 nitrogen and oxygen atoms in total. The standard InChI is InChI=1S/C15H16Cl2N2/c1-19(2)13-6-3-11(4-7-13)10-18-15-8-5-12(16)9-14(15)17/h3-9,18H,10H2,1-2H3. The second-order valence-electron chi connectivity index (χ2n) is 4.54. The lowest BCUT2D eigenvalue weighted by atomic mass is 10.2. The molecular formula is C15H16Cl2N2. The van der Waals surface area contributed by atoms with Crippen molar-refractivity contribution in [3.8, 4) is 0 Å². The van der Waals surface area contributed by atoms with Crippen LogP contribution in [-0.2, 0) is 6.54 Å². The molecule has 0 aliphatic carbocycles. The molecule has 0 bridgehead atoms. The molecule has 0 atom stereocenters. The van der Waals surface area contributed by atoms with Crippen molar-refractivity contribution >= 4 is 34.6 Å². The van der Waals surface area contributed by atoms with Crippen LogP contribution >= 0.6 is 23.2 Å². The average molecular weight is 295 g/mol. The van der Waals surface area contributed by atoms with Gasteiger partial charge in [0.2, 0.25) is 0 Å². The van der Waals surface area contributed by atoms with Gasteiger partial charge < -0.3 is 10.2 Å². The summed E-state index contributed by atoms with van der Waals surface area (Å²) in [6, 6.07) is 13.9. The van der Waals surface area contributed by atoms with Gasteiger partial charge in [0.15, 0.2) is 0 Å². The number of nitrogens with one attached hydrogen (secondary N) is 1. The molecule has 2 rings (SSSR count). The molecule has 0 aromatic heterocycles. The van der Waals surface area contributed by atoms with Crippen molar-refractivity contribution in [2.24, 2.45) is 0 Å². The van der Waals surface area contributed by atoms with Crippen molar-refractivity contribution < 1.29 is 0 Å². The molecule has 0 spiro atoms. The van der Waals surface area contributed by atoms with Crippen LogP contribution in [-0.4, -0.2) is 14.1 Å². The van der Waals surface area contributed by atoms with Crippen molar-refractivity contribution in [3.05, 3.63) is 58.1 Å². The summed E-state index contributed by atoms with van der Waals surface area (Å²) in [5, 5.41) is 4.58. The summed E-state index contributed by atoms with van der Waals surface area (Å²) in [6.45, 7) is 0.731. The quantitative estimate of drug-likeness (QED) is 0.881. The van der Waals surface area contributed by atoms with Gasteiger partial charge in [-0.05, 0) is 35.9 Å². The number of halogens is 2. The lowest BCUT2D eigenvalue weighted by molar-refractivity contribution is 1.11. The topological polar surface area (TPSA) is 15.3 Å². The minimum atomic E-state index is 0.636. The van der Waals surface area contributed by atoms with Crippen molar-refractivity contribution in [1.29, 1.82) is 0 Å². The van der Waals surface area contributed by atoms with Crippen LogP contribution in [0, 0.1) is 0 Å². The fraction of sp³-hybridized carbons (Fsp3) is 0.200. The van der Waals surface area contributed by atoms with Gasteiger partial charge in [0, 0.05) is 31.4 Å². The number of anilines is 2. The molecule has 0 unspecified atom stereocenters. The lowest BCUT2D eigenvalue weighted by Gasteiger charge is -2.13. The molecule has 0 fully saturated rings. The molecule has 4 heteroatoms. The number of benzene rings is 2. The van der Waals surface area contributed by atoms with Gasteiger partial charge >= 0.3 is 0 Å². The Labute approximate surface area is 123 Å². The Morgan fingerprint density at radius 3 is 2.26 bits per heavy atom. The van der Waals surface area contributed by atoms with E-state index in [0.717, 1.165) is 12.2 Å². The molecular weight excluding hydrogens is 279 g/mol.